The first-order chi connectivity index (χ1) is 18.0. The van der Waals surface area contributed by atoms with E-state index in [2.05, 4.69) is 43.8 Å². The van der Waals surface area contributed by atoms with E-state index in [1.54, 1.807) is 49.4 Å². The van der Waals surface area contributed by atoms with Crippen LogP contribution in [0.2, 0.25) is 0 Å². The Hall–Kier alpha value is -2.44. The first kappa shape index (κ1) is 30.1. The molecule has 0 saturated heterocycles. The maximum Gasteiger partial charge on any atom is 0.264 e. The number of hydrogen-bond acceptors (Lipinski definition) is 4. The van der Waals surface area contributed by atoms with Gasteiger partial charge in [-0.25, -0.2) is 8.42 Å². The highest BCUT2D eigenvalue weighted by atomic mass is 127. The van der Waals surface area contributed by atoms with Gasteiger partial charge in [0.15, 0.2) is 0 Å². The predicted octanol–water partition coefficient (Wildman–Crippen LogP) is 5.58. The Morgan fingerprint density at radius 1 is 0.974 bits per heavy atom. The minimum Gasteiger partial charge on any atom is -0.352 e. The van der Waals surface area contributed by atoms with Crippen LogP contribution in [0.1, 0.15) is 32.8 Å². The number of hydrogen-bond donors (Lipinski definition) is 1. The third-order valence-corrected chi connectivity index (χ3v) is 9.14. The fraction of sp³-hybridized carbons (Fsp3) is 0.286. The second-order valence-electron chi connectivity index (χ2n) is 8.95. The number of nitrogens with one attached hydrogen (secondary N) is 1. The average molecular weight is 712 g/mol. The summed E-state index contributed by atoms with van der Waals surface area (Å²) in [5.41, 5.74) is 1.17. The lowest BCUT2D eigenvalue weighted by Gasteiger charge is -2.32. The lowest BCUT2D eigenvalue weighted by Crippen LogP contribution is -2.52. The first-order valence-corrected chi connectivity index (χ1v) is 15.5. The smallest absolute Gasteiger partial charge is 0.264 e. The molecule has 0 aromatic heterocycles. The molecular formula is C28H31BrIN3O4S. The largest absolute Gasteiger partial charge is 0.352 e. The molecule has 0 aliphatic rings. The topological polar surface area (TPSA) is 86.8 Å². The highest BCUT2D eigenvalue weighted by Gasteiger charge is 2.32. The van der Waals surface area contributed by atoms with Crippen LogP contribution in [0.3, 0.4) is 0 Å². The highest BCUT2D eigenvalue weighted by molar-refractivity contribution is 14.1. The Morgan fingerprint density at radius 3 is 2.24 bits per heavy atom. The van der Waals surface area contributed by atoms with Gasteiger partial charge in [-0.1, -0.05) is 53.2 Å². The minimum atomic E-state index is -4.07. The maximum atomic E-state index is 13.9. The number of carbonyl (C=O) groups excluding carboxylic acids is 2. The number of halogens is 2. The van der Waals surface area contributed by atoms with Gasteiger partial charge in [0.1, 0.15) is 12.6 Å². The summed E-state index contributed by atoms with van der Waals surface area (Å²) in [6.45, 7) is 5.20. The molecule has 7 nitrogen and oxygen atoms in total. The van der Waals surface area contributed by atoms with Gasteiger partial charge in [0.2, 0.25) is 11.8 Å². The average Bonchev–Trinajstić information content (AvgIpc) is 2.90. The Balaban J connectivity index is 2.01. The van der Waals surface area contributed by atoms with Crippen LogP contribution in [0.4, 0.5) is 5.69 Å². The standard InChI is InChI=1S/C28H31BrIN3O4S/c1-4-20(2)31-28(35)21(3)32(18-22-9-8-10-23(29)17-22)27(34)19-33(25-15-13-24(30)14-16-25)38(36,37)26-11-6-5-7-12-26/h5-17,20-21H,4,18-19H2,1-3H3,(H,31,35). The van der Waals surface area contributed by atoms with Crippen molar-refractivity contribution in [1.82, 2.24) is 10.2 Å². The van der Waals surface area contributed by atoms with Crippen LogP contribution in [0.25, 0.3) is 0 Å². The number of anilines is 1. The molecule has 10 heteroatoms. The first-order valence-electron chi connectivity index (χ1n) is 12.2. The fourth-order valence-electron chi connectivity index (χ4n) is 3.74. The lowest BCUT2D eigenvalue weighted by atomic mass is 10.1. The molecule has 0 fully saturated rings. The van der Waals surface area contributed by atoms with Crippen LogP contribution in [0.15, 0.2) is 88.2 Å². The van der Waals surface area contributed by atoms with Crippen molar-refractivity contribution in [2.75, 3.05) is 10.8 Å². The molecule has 0 aliphatic carbocycles. The van der Waals surface area contributed by atoms with Crippen LogP contribution < -0.4 is 9.62 Å². The van der Waals surface area contributed by atoms with E-state index in [0.29, 0.717) is 5.69 Å². The summed E-state index contributed by atoms with van der Waals surface area (Å²) in [5, 5.41) is 2.93. The fourth-order valence-corrected chi connectivity index (χ4v) is 5.98. The van der Waals surface area contributed by atoms with E-state index >= 15 is 0 Å². The predicted molar refractivity (Wildman–Crippen MR) is 162 cm³/mol. The van der Waals surface area contributed by atoms with E-state index in [9.17, 15) is 18.0 Å². The monoisotopic (exact) mass is 711 g/mol. The van der Waals surface area contributed by atoms with Crippen LogP contribution in [-0.4, -0.2) is 43.8 Å². The van der Waals surface area contributed by atoms with Crippen LogP contribution in [0, 0.1) is 3.57 Å². The van der Waals surface area contributed by atoms with Crippen LogP contribution >= 0.6 is 38.5 Å². The summed E-state index contributed by atoms with van der Waals surface area (Å²) in [5.74, 6) is -0.788. The molecule has 202 valence electrons. The third kappa shape index (κ3) is 7.79. The van der Waals surface area contributed by atoms with Crippen molar-refractivity contribution in [3.05, 3.63) is 92.5 Å². The van der Waals surface area contributed by atoms with Crippen molar-refractivity contribution in [2.24, 2.45) is 0 Å². The number of carbonyl (C=O) groups is 2. The highest BCUT2D eigenvalue weighted by Crippen LogP contribution is 2.25. The molecular weight excluding hydrogens is 681 g/mol. The van der Waals surface area contributed by atoms with Gasteiger partial charge in [0, 0.05) is 20.6 Å². The molecule has 2 amide bonds. The molecule has 3 rings (SSSR count). The van der Waals surface area contributed by atoms with Crippen LogP contribution in [0.5, 0.6) is 0 Å². The summed E-state index contributed by atoms with van der Waals surface area (Å²) in [6.07, 6.45) is 0.744. The maximum absolute atomic E-state index is 13.9. The molecule has 0 spiro atoms. The molecule has 2 atom stereocenters. The van der Waals surface area contributed by atoms with Gasteiger partial charge in [-0.05, 0) is 97.0 Å². The summed E-state index contributed by atoms with van der Waals surface area (Å²) < 4.78 is 30.3. The Kier molecular flexibility index (Phi) is 10.8. The van der Waals surface area contributed by atoms with E-state index in [1.165, 1.54) is 17.0 Å². The number of sulfonamides is 1. The minimum absolute atomic E-state index is 0.0606. The zero-order chi connectivity index (χ0) is 27.9. The van der Waals surface area contributed by atoms with Gasteiger partial charge in [-0.15, -0.1) is 0 Å². The SMILES string of the molecule is CCC(C)NC(=O)C(C)N(Cc1cccc(Br)c1)C(=O)CN(c1ccc(I)cc1)S(=O)(=O)c1ccccc1. The van der Waals surface area contributed by atoms with E-state index < -0.39 is 28.5 Å². The summed E-state index contributed by atoms with van der Waals surface area (Å²) in [6, 6.07) is 21.5. The van der Waals surface area contributed by atoms with E-state index in [-0.39, 0.29) is 23.4 Å². The van der Waals surface area contributed by atoms with Crippen molar-refractivity contribution >= 4 is 66.0 Å². The van der Waals surface area contributed by atoms with Gasteiger partial charge in [0.05, 0.1) is 10.6 Å². The van der Waals surface area contributed by atoms with E-state index in [4.69, 9.17) is 0 Å². The zero-order valence-electron chi connectivity index (χ0n) is 21.5. The van der Waals surface area contributed by atoms with Gasteiger partial charge in [-0.3, -0.25) is 13.9 Å². The van der Waals surface area contributed by atoms with Gasteiger partial charge in [-0.2, -0.15) is 0 Å². The molecule has 0 saturated carbocycles. The molecule has 3 aromatic rings. The molecule has 0 bridgehead atoms. The summed E-state index contributed by atoms with van der Waals surface area (Å²) in [7, 11) is -4.07. The zero-order valence-corrected chi connectivity index (χ0v) is 26.0. The molecule has 0 heterocycles. The van der Waals surface area contributed by atoms with Crippen molar-refractivity contribution in [2.45, 2.75) is 50.7 Å². The van der Waals surface area contributed by atoms with Crippen molar-refractivity contribution < 1.29 is 18.0 Å². The molecule has 38 heavy (non-hydrogen) atoms. The second-order valence-corrected chi connectivity index (χ2v) is 13.0. The Labute approximate surface area is 246 Å². The lowest BCUT2D eigenvalue weighted by molar-refractivity contribution is -0.139. The van der Waals surface area contributed by atoms with E-state index in [0.717, 1.165) is 24.3 Å². The molecule has 3 aromatic carbocycles. The number of nitrogens with zero attached hydrogens (tertiary/aromatic N) is 2. The van der Waals surface area contributed by atoms with E-state index in [1.807, 2.05) is 38.1 Å². The Bertz CT molecular complexity index is 1350. The number of benzene rings is 3. The van der Waals surface area contributed by atoms with Crippen molar-refractivity contribution in [3.63, 3.8) is 0 Å². The van der Waals surface area contributed by atoms with Crippen molar-refractivity contribution in [3.8, 4) is 0 Å². The summed E-state index contributed by atoms with van der Waals surface area (Å²) >= 11 is 5.60. The van der Waals surface area contributed by atoms with Gasteiger partial charge in [0.25, 0.3) is 10.0 Å². The van der Waals surface area contributed by atoms with Crippen LogP contribution in [-0.2, 0) is 26.2 Å². The molecule has 1 N–H and O–H groups in total. The molecule has 0 aliphatic heterocycles. The number of amides is 2. The summed E-state index contributed by atoms with van der Waals surface area (Å²) in [4.78, 5) is 28.5. The second kappa shape index (κ2) is 13.6. The molecule has 2 unspecified atom stereocenters. The van der Waals surface area contributed by atoms with Crippen molar-refractivity contribution in [1.29, 1.82) is 0 Å². The Morgan fingerprint density at radius 2 is 1.63 bits per heavy atom. The van der Waals surface area contributed by atoms with Gasteiger partial charge >= 0.3 is 0 Å². The van der Waals surface area contributed by atoms with Gasteiger partial charge < -0.3 is 10.2 Å². The third-order valence-electron chi connectivity index (χ3n) is 6.13. The quantitative estimate of drug-likeness (QED) is 0.263. The normalized spacial score (nSPS) is 12.9. The number of rotatable bonds is 11. The molecule has 0 radical (unpaired) electrons.